The van der Waals surface area contributed by atoms with Gasteiger partial charge in [-0.05, 0) is 19.1 Å². The van der Waals surface area contributed by atoms with E-state index in [1.807, 2.05) is 0 Å². The summed E-state index contributed by atoms with van der Waals surface area (Å²) < 4.78 is 54.7. The maximum absolute atomic E-state index is 14.4. The monoisotopic (exact) mass is 422 g/mol. The molecule has 4 rings (SSSR count). The summed E-state index contributed by atoms with van der Waals surface area (Å²) in [5.74, 6) is -2.43. The smallest absolute Gasteiger partial charge is 0.419 e. The van der Waals surface area contributed by atoms with Gasteiger partial charge >= 0.3 is 6.18 Å². The van der Waals surface area contributed by atoms with Gasteiger partial charge in [-0.15, -0.1) is 5.10 Å². The summed E-state index contributed by atoms with van der Waals surface area (Å²) in [5.41, 5.74) is -1.14. The van der Waals surface area contributed by atoms with E-state index in [1.54, 1.807) is 6.92 Å². The first-order valence-electron chi connectivity index (χ1n) is 8.78. The molecule has 1 aliphatic heterocycles. The average molecular weight is 422 g/mol. The number of aromatic nitrogens is 5. The summed E-state index contributed by atoms with van der Waals surface area (Å²) in [5, 5.41) is 17.3. The first-order valence-corrected chi connectivity index (χ1v) is 8.78. The number of fused-ring (bicyclic) bond motifs is 1. The van der Waals surface area contributed by atoms with Crippen molar-refractivity contribution in [1.29, 1.82) is 0 Å². The molecular weight excluding hydrogens is 408 g/mol. The molecule has 12 heteroatoms. The van der Waals surface area contributed by atoms with Gasteiger partial charge in [-0.3, -0.25) is 4.79 Å². The minimum Gasteiger partial charge on any atom is -0.505 e. The predicted molar refractivity (Wildman–Crippen MR) is 93.1 cm³/mol. The van der Waals surface area contributed by atoms with Crippen molar-refractivity contribution in [2.75, 3.05) is 0 Å². The van der Waals surface area contributed by atoms with Crippen LogP contribution < -0.4 is 0 Å². The van der Waals surface area contributed by atoms with Crippen LogP contribution in [0.2, 0.25) is 0 Å². The van der Waals surface area contributed by atoms with Crippen LogP contribution in [0.1, 0.15) is 34.2 Å². The van der Waals surface area contributed by atoms with E-state index in [2.05, 4.69) is 20.3 Å². The molecule has 8 nitrogen and oxygen atoms in total. The van der Waals surface area contributed by atoms with Crippen molar-refractivity contribution in [1.82, 2.24) is 29.9 Å². The number of rotatable bonds is 2. The molecule has 1 unspecified atom stereocenters. The largest absolute Gasteiger partial charge is 0.505 e. The first-order chi connectivity index (χ1) is 14.2. The van der Waals surface area contributed by atoms with Gasteiger partial charge in [0.05, 0.1) is 35.8 Å². The Kier molecular flexibility index (Phi) is 4.63. The lowest BCUT2D eigenvalue weighted by Gasteiger charge is -2.33. The van der Waals surface area contributed by atoms with Crippen molar-refractivity contribution in [2.45, 2.75) is 32.1 Å². The molecule has 3 aromatic rings. The number of alkyl halides is 3. The Labute approximate surface area is 166 Å². The van der Waals surface area contributed by atoms with Crippen molar-refractivity contribution >= 4 is 5.91 Å². The zero-order chi connectivity index (χ0) is 21.6. The van der Waals surface area contributed by atoms with Gasteiger partial charge in [0.1, 0.15) is 11.5 Å². The van der Waals surface area contributed by atoms with Crippen LogP contribution in [-0.2, 0) is 19.1 Å². The minimum absolute atomic E-state index is 0.0664. The quantitative estimate of drug-likeness (QED) is 0.638. The van der Waals surface area contributed by atoms with Gasteiger partial charge in [-0.2, -0.15) is 17.9 Å². The van der Waals surface area contributed by atoms with Crippen LogP contribution in [-0.4, -0.2) is 46.9 Å². The third-order valence-corrected chi connectivity index (χ3v) is 4.79. The molecule has 0 saturated carbocycles. The van der Waals surface area contributed by atoms with Gasteiger partial charge in [0.2, 0.25) is 0 Å². The van der Waals surface area contributed by atoms with E-state index in [0.29, 0.717) is 17.5 Å². The Bertz CT molecular complexity index is 1110. The normalized spacial score (nSPS) is 16.4. The molecular formula is C18H14F4N6O2. The molecule has 1 aliphatic rings. The van der Waals surface area contributed by atoms with Crippen molar-refractivity contribution in [2.24, 2.45) is 0 Å². The molecule has 0 saturated heterocycles. The number of halogens is 4. The van der Waals surface area contributed by atoms with Crippen LogP contribution >= 0.6 is 0 Å². The zero-order valence-electron chi connectivity index (χ0n) is 15.4. The second-order valence-corrected chi connectivity index (χ2v) is 6.79. The zero-order valence-corrected chi connectivity index (χ0v) is 15.4. The molecule has 0 fully saturated rings. The van der Waals surface area contributed by atoms with E-state index in [4.69, 9.17) is 0 Å². The van der Waals surface area contributed by atoms with Crippen LogP contribution in [0.3, 0.4) is 0 Å². The lowest BCUT2D eigenvalue weighted by atomic mass is 10.0. The Morgan fingerprint density at radius 3 is 2.60 bits per heavy atom. The highest BCUT2D eigenvalue weighted by Gasteiger charge is 2.38. The number of hydrogen-bond acceptors (Lipinski definition) is 6. The molecule has 0 bridgehead atoms. The maximum Gasteiger partial charge on any atom is 0.419 e. The average Bonchev–Trinajstić information content (AvgIpc) is 3.09. The molecule has 0 spiro atoms. The van der Waals surface area contributed by atoms with Gasteiger partial charge in [-0.1, -0.05) is 11.3 Å². The van der Waals surface area contributed by atoms with E-state index in [0.717, 1.165) is 12.1 Å². The van der Waals surface area contributed by atoms with Crippen LogP contribution in [0.15, 0.2) is 30.6 Å². The molecule has 30 heavy (non-hydrogen) atoms. The number of benzene rings is 1. The Balaban J connectivity index is 1.65. The molecule has 1 aromatic carbocycles. The summed E-state index contributed by atoms with van der Waals surface area (Å²) in [4.78, 5) is 22.0. The highest BCUT2D eigenvalue weighted by atomic mass is 19.4. The molecule has 2 aromatic heterocycles. The number of carbonyl (C=O) groups is 1. The van der Waals surface area contributed by atoms with E-state index < -0.39 is 35.1 Å². The fraction of sp³-hybridized carbons (Fsp3) is 0.278. The third-order valence-electron chi connectivity index (χ3n) is 4.79. The van der Waals surface area contributed by atoms with E-state index in [9.17, 15) is 27.5 Å². The van der Waals surface area contributed by atoms with Gasteiger partial charge in [-0.25, -0.2) is 14.4 Å². The summed E-state index contributed by atoms with van der Waals surface area (Å²) >= 11 is 0. The SMILES string of the molecule is CC1Cc2c(nnn2-c2ncc(O)cn2)CN1C(=O)c1cccc(C(F)(F)F)c1F. The molecule has 1 atom stereocenters. The third kappa shape index (κ3) is 3.33. The number of carbonyl (C=O) groups excluding carboxylic acids is 1. The molecule has 0 radical (unpaired) electrons. The number of nitrogens with zero attached hydrogens (tertiary/aromatic N) is 6. The Hall–Kier alpha value is -3.57. The first kappa shape index (κ1) is 19.7. The van der Waals surface area contributed by atoms with Crippen LogP contribution in [0.25, 0.3) is 5.95 Å². The standard InChI is InChI=1S/C18H14F4N6O2/c1-9-5-14-13(25-26-28(14)17-23-6-10(29)7-24-17)8-27(9)16(30)11-3-2-4-12(15(11)19)18(20,21)22/h2-4,6-7,9,29H,5,8H2,1H3. The summed E-state index contributed by atoms with van der Waals surface area (Å²) in [6, 6.07) is 2.13. The second kappa shape index (κ2) is 7.04. The lowest BCUT2D eigenvalue weighted by Crippen LogP contribution is -2.43. The van der Waals surface area contributed by atoms with Crippen molar-refractivity contribution < 1.29 is 27.5 Å². The Morgan fingerprint density at radius 1 is 1.23 bits per heavy atom. The van der Waals surface area contributed by atoms with E-state index in [1.165, 1.54) is 22.0 Å². The number of aromatic hydroxyl groups is 1. The molecule has 1 amide bonds. The van der Waals surface area contributed by atoms with E-state index in [-0.39, 0.29) is 24.7 Å². The molecule has 1 N–H and O–H groups in total. The predicted octanol–water partition coefficient (Wildman–Crippen LogP) is 2.51. The topological polar surface area (TPSA) is 97.0 Å². The van der Waals surface area contributed by atoms with Crippen LogP contribution in [0.4, 0.5) is 17.6 Å². The maximum atomic E-state index is 14.4. The van der Waals surface area contributed by atoms with Gasteiger partial charge in [0.15, 0.2) is 5.75 Å². The molecule has 156 valence electrons. The fourth-order valence-electron chi connectivity index (χ4n) is 3.29. The molecule has 0 aliphatic carbocycles. The van der Waals surface area contributed by atoms with Crippen molar-refractivity contribution in [3.05, 3.63) is 58.9 Å². The van der Waals surface area contributed by atoms with Gasteiger partial charge in [0.25, 0.3) is 11.9 Å². The number of amides is 1. The van der Waals surface area contributed by atoms with Crippen LogP contribution in [0.5, 0.6) is 5.75 Å². The van der Waals surface area contributed by atoms with Gasteiger partial charge < -0.3 is 10.0 Å². The second-order valence-electron chi connectivity index (χ2n) is 6.79. The summed E-state index contributed by atoms with van der Waals surface area (Å²) in [7, 11) is 0. The fourth-order valence-corrected chi connectivity index (χ4v) is 3.29. The lowest BCUT2D eigenvalue weighted by molar-refractivity contribution is -0.140. The van der Waals surface area contributed by atoms with Crippen molar-refractivity contribution in [3.63, 3.8) is 0 Å². The molecule has 3 heterocycles. The summed E-state index contributed by atoms with van der Waals surface area (Å²) in [6.07, 6.45) is -2.28. The highest BCUT2D eigenvalue weighted by Crippen LogP contribution is 2.33. The van der Waals surface area contributed by atoms with Gasteiger partial charge in [0, 0.05) is 12.5 Å². The Morgan fingerprint density at radius 2 is 1.93 bits per heavy atom. The van der Waals surface area contributed by atoms with Crippen LogP contribution in [0, 0.1) is 5.82 Å². The van der Waals surface area contributed by atoms with Crippen molar-refractivity contribution in [3.8, 4) is 11.7 Å². The number of hydrogen-bond donors (Lipinski definition) is 1. The minimum atomic E-state index is -4.91. The highest BCUT2D eigenvalue weighted by molar-refractivity contribution is 5.95. The summed E-state index contributed by atoms with van der Waals surface area (Å²) in [6.45, 7) is 1.62. The van der Waals surface area contributed by atoms with E-state index >= 15 is 0 Å².